The number of rotatable bonds is 2. The van der Waals surface area contributed by atoms with Crippen LogP contribution in [0.2, 0.25) is 0 Å². The van der Waals surface area contributed by atoms with Crippen LogP contribution in [-0.4, -0.2) is 25.8 Å². The third-order valence-electron chi connectivity index (χ3n) is 2.98. The number of hydrogen-bond donors (Lipinski definition) is 0. The summed E-state index contributed by atoms with van der Waals surface area (Å²) >= 11 is 0. The van der Waals surface area contributed by atoms with Crippen LogP contribution in [0, 0.1) is 11.8 Å². The van der Waals surface area contributed by atoms with Crippen LogP contribution in [0.3, 0.4) is 0 Å². The largest absolute Gasteiger partial charge is 0.299 e. The van der Waals surface area contributed by atoms with Crippen LogP contribution in [-0.2, 0) is 9.24 Å². The minimum absolute atomic E-state index is 0.578. The van der Waals surface area contributed by atoms with Gasteiger partial charge in [-0.1, -0.05) is 13.8 Å². The average Bonchev–Trinajstić information content (AvgIpc) is 2.26. The molecule has 84 valence electrons. The fraction of sp³-hybridized carbons (Fsp3) is 1.00. The fourth-order valence-corrected chi connectivity index (χ4v) is 3.07. The first-order chi connectivity index (χ1) is 6.41. The predicted molar refractivity (Wildman–Crippen MR) is 58.5 cm³/mol. The van der Waals surface area contributed by atoms with Gasteiger partial charge in [-0.05, 0) is 31.1 Å². The Morgan fingerprint density at radius 3 is 2.43 bits per heavy atom. The van der Waals surface area contributed by atoms with Crippen molar-refractivity contribution in [2.24, 2.45) is 11.8 Å². The first kappa shape index (κ1) is 12.3. The minimum atomic E-state index is -3.49. The van der Waals surface area contributed by atoms with Crippen molar-refractivity contribution in [1.82, 2.24) is 4.31 Å². The van der Waals surface area contributed by atoms with Crippen molar-refractivity contribution in [2.45, 2.75) is 33.1 Å². The minimum Gasteiger partial charge on any atom is -0.195 e. The van der Waals surface area contributed by atoms with Gasteiger partial charge in [-0.15, -0.1) is 0 Å². The first-order valence-electron chi connectivity index (χ1n) is 5.11. The second kappa shape index (κ2) is 4.81. The third kappa shape index (κ3) is 3.41. The molecule has 5 heteroatoms. The molecule has 0 saturated carbocycles. The van der Waals surface area contributed by atoms with Crippen molar-refractivity contribution in [3.63, 3.8) is 0 Å². The smallest absolute Gasteiger partial charge is 0.195 e. The normalized spacial score (nSPS) is 26.4. The van der Waals surface area contributed by atoms with Crippen LogP contribution in [0.1, 0.15) is 33.1 Å². The highest BCUT2D eigenvalue weighted by atomic mass is 35.7. The molecular weight excluding hydrogens is 222 g/mol. The summed E-state index contributed by atoms with van der Waals surface area (Å²) in [5, 5.41) is 0. The van der Waals surface area contributed by atoms with E-state index in [-0.39, 0.29) is 0 Å². The summed E-state index contributed by atoms with van der Waals surface area (Å²) in [5.74, 6) is 1.27. The molecule has 0 aliphatic carbocycles. The second-order valence-corrected chi connectivity index (χ2v) is 6.79. The lowest BCUT2D eigenvalue weighted by Gasteiger charge is -2.18. The molecule has 3 nitrogen and oxygen atoms in total. The molecule has 0 aromatic carbocycles. The molecule has 14 heavy (non-hydrogen) atoms. The number of hydrogen-bond acceptors (Lipinski definition) is 2. The maximum absolute atomic E-state index is 11.1. The van der Waals surface area contributed by atoms with Crippen molar-refractivity contribution < 1.29 is 8.42 Å². The lowest BCUT2D eigenvalue weighted by Crippen LogP contribution is -2.28. The molecule has 0 aromatic rings. The molecule has 1 aliphatic heterocycles. The summed E-state index contributed by atoms with van der Waals surface area (Å²) < 4.78 is 23.6. The number of nitrogens with zero attached hydrogens (tertiary/aromatic N) is 1. The van der Waals surface area contributed by atoms with Gasteiger partial charge in [0.2, 0.25) is 0 Å². The van der Waals surface area contributed by atoms with E-state index in [9.17, 15) is 8.42 Å². The molecule has 0 N–H and O–H groups in total. The summed E-state index contributed by atoms with van der Waals surface area (Å²) in [4.78, 5) is 0. The van der Waals surface area contributed by atoms with Crippen molar-refractivity contribution in [3.05, 3.63) is 0 Å². The molecule has 1 atom stereocenters. The van der Waals surface area contributed by atoms with Crippen LogP contribution < -0.4 is 0 Å². The Morgan fingerprint density at radius 2 is 1.93 bits per heavy atom. The van der Waals surface area contributed by atoms with E-state index < -0.39 is 9.24 Å². The summed E-state index contributed by atoms with van der Waals surface area (Å²) in [7, 11) is 1.82. The van der Waals surface area contributed by atoms with E-state index in [1.807, 2.05) is 0 Å². The van der Waals surface area contributed by atoms with Crippen LogP contribution in [0.5, 0.6) is 0 Å². The highest BCUT2D eigenvalue weighted by Gasteiger charge is 2.25. The maximum Gasteiger partial charge on any atom is 0.299 e. The van der Waals surface area contributed by atoms with Gasteiger partial charge >= 0.3 is 0 Å². The molecule has 0 bridgehead atoms. The van der Waals surface area contributed by atoms with E-state index in [1.165, 1.54) is 4.31 Å². The molecular formula is C9H18ClNO2S. The van der Waals surface area contributed by atoms with Gasteiger partial charge in [0.25, 0.3) is 9.24 Å². The highest BCUT2D eigenvalue weighted by Crippen LogP contribution is 2.26. The Balaban J connectivity index is 2.58. The summed E-state index contributed by atoms with van der Waals surface area (Å²) in [6.07, 6.45) is 2.97. The lowest BCUT2D eigenvalue weighted by molar-refractivity contribution is 0.342. The zero-order valence-corrected chi connectivity index (χ0v) is 10.3. The third-order valence-corrected chi connectivity index (χ3v) is 4.55. The van der Waals surface area contributed by atoms with E-state index in [0.29, 0.717) is 24.9 Å². The van der Waals surface area contributed by atoms with Crippen molar-refractivity contribution in [2.75, 3.05) is 13.1 Å². The molecule has 1 fully saturated rings. The summed E-state index contributed by atoms with van der Waals surface area (Å²) in [5.41, 5.74) is 0. The van der Waals surface area contributed by atoms with E-state index in [1.54, 1.807) is 0 Å². The SMILES string of the molecule is CC(C)C1CCCN(S(=O)(=O)Cl)CC1. The van der Waals surface area contributed by atoms with Gasteiger partial charge in [-0.3, -0.25) is 0 Å². The van der Waals surface area contributed by atoms with Crippen molar-refractivity contribution in [1.29, 1.82) is 0 Å². The van der Waals surface area contributed by atoms with Gasteiger partial charge in [-0.2, -0.15) is 12.7 Å². The maximum atomic E-state index is 11.1. The van der Waals surface area contributed by atoms with Gasteiger partial charge in [0, 0.05) is 23.8 Å². The topological polar surface area (TPSA) is 37.4 Å². The Bertz CT molecular complexity index is 277. The molecule has 1 rings (SSSR count). The van der Waals surface area contributed by atoms with Gasteiger partial charge < -0.3 is 0 Å². The van der Waals surface area contributed by atoms with E-state index in [2.05, 4.69) is 13.8 Å². The fourth-order valence-electron chi connectivity index (χ4n) is 1.98. The first-order valence-corrected chi connectivity index (χ1v) is 7.37. The van der Waals surface area contributed by atoms with Gasteiger partial charge in [0.1, 0.15) is 0 Å². The molecule has 0 radical (unpaired) electrons. The van der Waals surface area contributed by atoms with E-state index in [0.717, 1.165) is 19.3 Å². The lowest BCUT2D eigenvalue weighted by atomic mass is 9.89. The second-order valence-electron chi connectivity index (χ2n) is 4.28. The van der Waals surface area contributed by atoms with Gasteiger partial charge in [-0.25, -0.2) is 0 Å². The molecule has 0 spiro atoms. The van der Waals surface area contributed by atoms with Gasteiger partial charge in [0.05, 0.1) is 0 Å². The molecule has 1 saturated heterocycles. The molecule has 0 aromatic heterocycles. The highest BCUT2D eigenvalue weighted by molar-refractivity contribution is 8.11. The van der Waals surface area contributed by atoms with E-state index >= 15 is 0 Å². The van der Waals surface area contributed by atoms with E-state index in [4.69, 9.17) is 10.7 Å². The molecule has 0 amide bonds. The van der Waals surface area contributed by atoms with Gasteiger partial charge in [0.15, 0.2) is 0 Å². The Labute approximate surface area is 91.0 Å². The molecule has 1 unspecified atom stereocenters. The Kier molecular flexibility index (Phi) is 4.22. The van der Waals surface area contributed by atoms with Crippen molar-refractivity contribution >= 4 is 19.9 Å². The molecule has 1 heterocycles. The van der Waals surface area contributed by atoms with Crippen LogP contribution in [0.25, 0.3) is 0 Å². The molecule has 1 aliphatic rings. The quantitative estimate of drug-likeness (QED) is 0.693. The van der Waals surface area contributed by atoms with Crippen LogP contribution in [0.4, 0.5) is 0 Å². The summed E-state index contributed by atoms with van der Waals surface area (Å²) in [6.45, 7) is 5.54. The predicted octanol–water partition coefficient (Wildman–Crippen LogP) is 2.23. The monoisotopic (exact) mass is 239 g/mol. The van der Waals surface area contributed by atoms with Crippen LogP contribution >= 0.6 is 10.7 Å². The standard InChI is InChI=1S/C9H18ClNO2S/c1-8(2)9-4-3-6-11(7-5-9)14(10,12)13/h8-9H,3-7H2,1-2H3. The Hall–Kier alpha value is 0.200. The Morgan fingerprint density at radius 1 is 1.29 bits per heavy atom. The number of halogens is 1. The van der Waals surface area contributed by atoms with Crippen molar-refractivity contribution in [3.8, 4) is 0 Å². The van der Waals surface area contributed by atoms with Crippen LogP contribution in [0.15, 0.2) is 0 Å². The average molecular weight is 240 g/mol. The summed E-state index contributed by atoms with van der Waals surface area (Å²) in [6, 6.07) is 0. The zero-order valence-electron chi connectivity index (χ0n) is 8.74. The zero-order chi connectivity index (χ0) is 10.8.